The quantitative estimate of drug-likeness (QED) is 0.357. The highest BCUT2D eigenvalue weighted by Crippen LogP contribution is 2.33. The average Bonchev–Trinajstić information content (AvgIpc) is 3.17. The van der Waals surface area contributed by atoms with Crippen LogP contribution in [0.3, 0.4) is 0 Å². The molecule has 0 atom stereocenters. The van der Waals surface area contributed by atoms with Gasteiger partial charge in [-0.05, 0) is 17.5 Å². The van der Waals surface area contributed by atoms with Crippen LogP contribution in [0, 0.1) is 10.1 Å². The molecule has 8 heteroatoms. The standard InChI is InChI=1S/C22H18N4O4/c1-12(2)13-6-8-14(9-7-13)18-11-17(22(27)28)19-20(24-25-21(19)23-18)15-4-3-5-16(10-15)26(29)30/h3-12H,1-2H3,(H,27,28)(H,23,24,25). The molecule has 30 heavy (non-hydrogen) atoms. The van der Waals surface area contributed by atoms with Crippen LogP contribution in [0.15, 0.2) is 54.6 Å². The number of pyridine rings is 1. The van der Waals surface area contributed by atoms with Crippen LogP contribution < -0.4 is 0 Å². The molecule has 8 nitrogen and oxygen atoms in total. The Labute approximate surface area is 171 Å². The van der Waals surface area contributed by atoms with E-state index in [9.17, 15) is 20.0 Å². The summed E-state index contributed by atoms with van der Waals surface area (Å²) >= 11 is 0. The van der Waals surface area contributed by atoms with Crippen molar-refractivity contribution in [2.45, 2.75) is 19.8 Å². The maximum absolute atomic E-state index is 12.0. The fourth-order valence-corrected chi connectivity index (χ4v) is 3.36. The summed E-state index contributed by atoms with van der Waals surface area (Å²) in [4.78, 5) is 27.1. The van der Waals surface area contributed by atoms with Crippen molar-refractivity contribution >= 4 is 22.7 Å². The third kappa shape index (κ3) is 3.39. The number of aromatic nitrogens is 3. The van der Waals surface area contributed by atoms with E-state index in [4.69, 9.17) is 0 Å². The van der Waals surface area contributed by atoms with Crippen molar-refractivity contribution in [3.63, 3.8) is 0 Å². The number of rotatable bonds is 5. The summed E-state index contributed by atoms with van der Waals surface area (Å²) < 4.78 is 0. The molecule has 150 valence electrons. The van der Waals surface area contributed by atoms with Gasteiger partial charge in [0.1, 0.15) is 0 Å². The molecule has 0 aliphatic carbocycles. The van der Waals surface area contributed by atoms with E-state index < -0.39 is 10.9 Å². The van der Waals surface area contributed by atoms with Crippen LogP contribution in [0.2, 0.25) is 0 Å². The second-order valence-electron chi connectivity index (χ2n) is 7.24. The van der Waals surface area contributed by atoms with Gasteiger partial charge in [-0.2, -0.15) is 5.10 Å². The monoisotopic (exact) mass is 402 g/mol. The molecule has 0 spiro atoms. The zero-order chi connectivity index (χ0) is 21.4. The molecule has 2 N–H and O–H groups in total. The Bertz CT molecular complexity index is 1280. The molecule has 0 aliphatic rings. The van der Waals surface area contributed by atoms with Gasteiger partial charge in [0.25, 0.3) is 5.69 Å². The molecule has 2 aromatic heterocycles. The number of carboxylic acids is 1. The van der Waals surface area contributed by atoms with E-state index in [2.05, 4.69) is 29.0 Å². The Morgan fingerprint density at radius 3 is 2.47 bits per heavy atom. The number of nitrogens with one attached hydrogen (secondary N) is 1. The fourth-order valence-electron chi connectivity index (χ4n) is 3.36. The minimum absolute atomic E-state index is 0.0261. The summed E-state index contributed by atoms with van der Waals surface area (Å²) in [6.45, 7) is 4.20. The first-order valence-corrected chi connectivity index (χ1v) is 9.32. The zero-order valence-electron chi connectivity index (χ0n) is 16.3. The van der Waals surface area contributed by atoms with Crippen molar-refractivity contribution in [2.24, 2.45) is 0 Å². The Hall–Kier alpha value is -4.07. The van der Waals surface area contributed by atoms with Crippen molar-refractivity contribution in [1.29, 1.82) is 0 Å². The van der Waals surface area contributed by atoms with Gasteiger partial charge >= 0.3 is 5.97 Å². The third-order valence-electron chi connectivity index (χ3n) is 4.97. The van der Waals surface area contributed by atoms with Crippen molar-refractivity contribution in [2.75, 3.05) is 0 Å². The molecule has 0 saturated heterocycles. The summed E-state index contributed by atoms with van der Waals surface area (Å²) in [5, 5.41) is 28.2. The van der Waals surface area contributed by atoms with Gasteiger partial charge in [-0.25, -0.2) is 9.78 Å². The number of aromatic amines is 1. The van der Waals surface area contributed by atoms with Crippen LogP contribution in [-0.2, 0) is 0 Å². The molecule has 0 radical (unpaired) electrons. The van der Waals surface area contributed by atoms with E-state index in [-0.39, 0.29) is 16.9 Å². The number of hydrogen-bond donors (Lipinski definition) is 2. The summed E-state index contributed by atoms with van der Waals surface area (Å²) in [5.41, 5.74) is 3.45. The van der Waals surface area contributed by atoms with Gasteiger partial charge < -0.3 is 5.11 Å². The third-order valence-corrected chi connectivity index (χ3v) is 4.97. The minimum atomic E-state index is -1.13. The second-order valence-corrected chi connectivity index (χ2v) is 7.24. The highest BCUT2D eigenvalue weighted by molar-refractivity contribution is 6.08. The number of benzene rings is 2. The number of carboxylic acid groups (broad SMARTS) is 1. The van der Waals surface area contributed by atoms with Crippen LogP contribution in [-0.4, -0.2) is 31.2 Å². The van der Waals surface area contributed by atoms with Crippen molar-refractivity contribution in [1.82, 2.24) is 15.2 Å². The van der Waals surface area contributed by atoms with Crippen molar-refractivity contribution in [3.05, 3.63) is 75.8 Å². The Morgan fingerprint density at radius 1 is 1.10 bits per heavy atom. The lowest BCUT2D eigenvalue weighted by atomic mass is 9.99. The molecule has 0 bridgehead atoms. The minimum Gasteiger partial charge on any atom is -0.478 e. The van der Waals surface area contributed by atoms with Gasteiger partial charge in [0.2, 0.25) is 0 Å². The number of aromatic carboxylic acids is 1. The van der Waals surface area contributed by atoms with E-state index in [1.54, 1.807) is 12.1 Å². The molecule has 0 amide bonds. The fraction of sp³-hybridized carbons (Fsp3) is 0.136. The highest BCUT2D eigenvalue weighted by Gasteiger charge is 2.21. The molecule has 2 aromatic carbocycles. The number of nitro groups is 1. The number of H-pyrrole nitrogens is 1. The maximum Gasteiger partial charge on any atom is 0.336 e. The number of fused-ring (bicyclic) bond motifs is 1. The van der Waals surface area contributed by atoms with Crippen LogP contribution in [0.5, 0.6) is 0 Å². The molecule has 0 aliphatic heterocycles. The largest absolute Gasteiger partial charge is 0.478 e. The van der Waals surface area contributed by atoms with Crippen LogP contribution in [0.25, 0.3) is 33.5 Å². The first-order valence-electron chi connectivity index (χ1n) is 9.32. The predicted molar refractivity (Wildman–Crippen MR) is 112 cm³/mol. The molecule has 0 unspecified atom stereocenters. The van der Waals surface area contributed by atoms with E-state index in [0.29, 0.717) is 28.3 Å². The second kappa shape index (κ2) is 7.40. The first kappa shape index (κ1) is 19.3. The molecule has 2 heterocycles. The summed E-state index contributed by atoms with van der Waals surface area (Å²) in [5.74, 6) is -0.747. The average molecular weight is 402 g/mol. The van der Waals surface area contributed by atoms with E-state index >= 15 is 0 Å². The lowest BCUT2D eigenvalue weighted by Crippen LogP contribution is -2.00. The van der Waals surface area contributed by atoms with Gasteiger partial charge in [0, 0.05) is 23.3 Å². The molecular formula is C22H18N4O4. The maximum atomic E-state index is 12.0. The normalized spacial score (nSPS) is 11.2. The van der Waals surface area contributed by atoms with Crippen molar-refractivity contribution < 1.29 is 14.8 Å². The molecule has 4 rings (SSSR count). The van der Waals surface area contributed by atoms with Gasteiger partial charge in [0.15, 0.2) is 5.65 Å². The molecule has 0 fully saturated rings. The molecule has 4 aromatic rings. The lowest BCUT2D eigenvalue weighted by Gasteiger charge is -2.08. The SMILES string of the molecule is CC(C)c1ccc(-c2cc(C(=O)O)c3c(-c4cccc([N+](=O)[O-])c4)[nH]nc3n2)cc1. The smallest absolute Gasteiger partial charge is 0.336 e. The Morgan fingerprint density at radius 2 is 1.83 bits per heavy atom. The molecular weight excluding hydrogens is 384 g/mol. The lowest BCUT2D eigenvalue weighted by molar-refractivity contribution is -0.384. The summed E-state index contributed by atoms with van der Waals surface area (Å²) in [6.07, 6.45) is 0. The number of carbonyl (C=O) groups is 1. The summed E-state index contributed by atoms with van der Waals surface area (Å²) in [7, 11) is 0. The van der Waals surface area contributed by atoms with E-state index in [0.717, 1.165) is 5.56 Å². The molecule has 0 saturated carbocycles. The van der Waals surface area contributed by atoms with Gasteiger partial charge in [0.05, 0.1) is 27.3 Å². The van der Waals surface area contributed by atoms with Gasteiger partial charge in [-0.15, -0.1) is 0 Å². The van der Waals surface area contributed by atoms with Crippen LogP contribution in [0.1, 0.15) is 35.7 Å². The highest BCUT2D eigenvalue weighted by atomic mass is 16.6. The van der Waals surface area contributed by atoms with E-state index in [1.165, 1.54) is 23.8 Å². The number of nitro benzene ring substituents is 1. The van der Waals surface area contributed by atoms with Crippen LogP contribution in [0.4, 0.5) is 5.69 Å². The van der Waals surface area contributed by atoms with Crippen LogP contribution >= 0.6 is 0 Å². The number of hydrogen-bond acceptors (Lipinski definition) is 5. The Kier molecular flexibility index (Phi) is 4.75. The summed E-state index contributed by atoms with van der Waals surface area (Å²) in [6, 6.07) is 15.2. The Balaban J connectivity index is 1.88. The first-order chi connectivity index (χ1) is 14.3. The van der Waals surface area contributed by atoms with E-state index in [1.807, 2.05) is 24.3 Å². The zero-order valence-corrected chi connectivity index (χ0v) is 16.3. The predicted octanol–water partition coefficient (Wildman–Crippen LogP) is 5.02. The van der Waals surface area contributed by atoms with Gasteiger partial charge in [-0.3, -0.25) is 15.2 Å². The van der Waals surface area contributed by atoms with Gasteiger partial charge in [-0.1, -0.05) is 50.2 Å². The number of nitrogens with zero attached hydrogens (tertiary/aromatic N) is 3. The topological polar surface area (TPSA) is 122 Å². The van der Waals surface area contributed by atoms with Crippen molar-refractivity contribution in [3.8, 4) is 22.5 Å². The number of non-ortho nitro benzene ring substituents is 1.